The molecule has 0 bridgehead atoms. The van der Waals surface area contributed by atoms with Crippen LogP contribution in [0.15, 0.2) is 18.2 Å². The number of nitrogens with one attached hydrogen (secondary N) is 2. The predicted octanol–water partition coefficient (Wildman–Crippen LogP) is 1.32. The van der Waals surface area contributed by atoms with Crippen molar-refractivity contribution in [3.8, 4) is 5.75 Å². The molecule has 1 aliphatic heterocycles. The zero-order valence-corrected chi connectivity index (χ0v) is 18.3. The van der Waals surface area contributed by atoms with Crippen LogP contribution in [0.4, 0.5) is 18.0 Å². The Morgan fingerprint density at radius 2 is 2.03 bits per heavy atom. The van der Waals surface area contributed by atoms with Gasteiger partial charge in [-0.3, -0.25) is 10.1 Å². The minimum Gasteiger partial charge on any atom is -0.485 e. The summed E-state index contributed by atoms with van der Waals surface area (Å²) in [5.74, 6) is -2.04. The number of aliphatic hydroxyl groups is 1. The first-order chi connectivity index (χ1) is 15.0. The van der Waals surface area contributed by atoms with E-state index in [1.807, 2.05) is 0 Å². The summed E-state index contributed by atoms with van der Waals surface area (Å²) in [4.78, 5) is 23.8. The third-order valence-electron chi connectivity index (χ3n) is 4.96. The largest absolute Gasteiger partial charge is 0.485 e. The normalized spacial score (nSPS) is 16.4. The number of imide groups is 1. The maximum atomic E-state index is 13.8. The summed E-state index contributed by atoms with van der Waals surface area (Å²) in [5.41, 5.74) is -1.62. The van der Waals surface area contributed by atoms with Crippen LogP contribution in [0, 0.1) is 5.82 Å². The highest BCUT2D eigenvalue weighted by molar-refractivity contribution is 7.89. The molecule has 1 fully saturated rings. The van der Waals surface area contributed by atoms with Gasteiger partial charge in [0.1, 0.15) is 18.8 Å². The Morgan fingerprint density at radius 1 is 1.31 bits per heavy atom. The molecule has 1 aromatic carbocycles. The number of halogens is 3. The van der Waals surface area contributed by atoms with E-state index >= 15 is 0 Å². The third-order valence-corrected chi connectivity index (χ3v) is 6.37. The van der Waals surface area contributed by atoms with Crippen molar-refractivity contribution in [1.29, 1.82) is 0 Å². The lowest BCUT2D eigenvalue weighted by molar-refractivity contribution is -0.118. The molecule has 0 unspecified atom stereocenters. The number of nitrogens with zero attached hydrogens (tertiary/aromatic N) is 1. The molecular formula is C19H26F3N3O6S. The van der Waals surface area contributed by atoms with Crippen LogP contribution in [0.2, 0.25) is 0 Å². The van der Waals surface area contributed by atoms with Gasteiger partial charge in [-0.25, -0.2) is 31.1 Å². The second-order valence-corrected chi connectivity index (χ2v) is 9.28. The van der Waals surface area contributed by atoms with Gasteiger partial charge in [-0.15, -0.1) is 0 Å². The lowest BCUT2D eigenvalue weighted by Gasteiger charge is -2.28. The highest BCUT2D eigenvalue weighted by Gasteiger charge is 2.30. The monoisotopic (exact) mass is 481 g/mol. The van der Waals surface area contributed by atoms with E-state index in [4.69, 9.17) is 4.74 Å². The molecule has 1 aliphatic rings. The maximum Gasteiger partial charge on any atom is 0.324 e. The number of unbranched alkanes of at least 4 members (excludes halogenated alkanes) is 1. The SMILES string of the molecule is CC[C@@](O)(CNS(=O)(=O)CCCCN1CC(=O)NC1=O)c1ccc(F)c(OCC(F)F)c1. The molecule has 180 valence electrons. The van der Waals surface area contributed by atoms with Gasteiger partial charge in [0.2, 0.25) is 15.9 Å². The Kier molecular flexibility index (Phi) is 8.87. The number of benzene rings is 1. The van der Waals surface area contributed by atoms with E-state index in [2.05, 4.69) is 10.0 Å². The van der Waals surface area contributed by atoms with Crippen molar-refractivity contribution in [2.24, 2.45) is 0 Å². The second-order valence-electron chi connectivity index (χ2n) is 7.35. The molecule has 0 radical (unpaired) electrons. The molecule has 1 saturated heterocycles. The Balaban J connectivity index is 1.92. The van der Waals surface area contributed by atoms with E-state index in [1.54, 1.807) is 6.92 Å². The molecule has 1 aromatic rings. The quantitative estimate of drug-likeness (QED) is 0.288. The van der Waals surface area contributed by atoms with Crippen molar-refractivity contribution in [1.82, 2.24) is 14.9 Å². The lowest BCUT2D eigenvalue weighted by Crippen LogP contribution is -2.41. The number of carbonyl (C=O) groups is 2. The number of hydrogen-bond acceptors (Lipinski definition) is 6. The van der Waals surface area contributed by atoms with Gasteiger partial charge in [0, 0.05) is 13.1 Å². The molecule has 9 nitrogen and oxygen atoms in total. The Labute approximate surface area is 184 Å². The number of ether oxygens (including phenoxy) is 1. The van der Waals surface area contributed by atoms with Crippen molar-refractivity contribution < 1.29 is 41.0 Å². The number of alkyl halides is 2. The molecule has 0 saturated carbocycles. The fraction of sp³-hybridized carbons (Fsp3) is 0.579. The summed E-state index contributed by atoms with van der Waals surface area (Å²) in [5, 5.41) is 13.0. The van der Waals surface area contributed by atoms with Crippen LogP contribution in [-0.2, 0) is 20.4 Å². The summed E-state index contributed by atoms with van der Waals surface area (Å²) in [6.07, 6.45) is -2.20. The molecule has 3 amide bonds. The van der Waals surface area contributed by atoms with E-state index in [0.29, 0.717) is 6.42 Å². The Hall–Kier alpha value is -2.38. The molecule has 2 rings (SSSR count). The second kappa shape index (κ2) is 11.0. The average molecular weight is 481 g/mol. The van der Waals surface area contributed by atoms with Crippen molar-refractivity contribution in [2.45, 2.75) is 38.2 Å². The summed E-state index contributed by atoms with van der Waals surface area (Å²) < 4.78 is 70.1. The molecule has 1 atom stereocenters. The first kappa shape index (κ1) is 25.9. The van der Waals surface area contributed by atoms with E-state index in [0.717, 1.165) is 12.1 Å². The van der Waals surface area contributed by atoms with Gasteiger partial charge in [0.25, 0.3) is 6.43 Å². The first-order valence-corrected chi connectivity index (χ1v) is 11.6. The third kappa shape index (κ3) is 7.35. The van der Waals surface area contributed by atoms with Gasteiger partial charge in [0.15, 0.2) is 11.6 Å². The van der Waals surface area contributed by atoms with Gasteiger partial charge >= 0.3 is 6.03 Å². The van der Waals surface area contributed by atoms with Crippen molar-refractivity contribution in [2.75, 3.05) is 32.0 Å². The zero-order chi connectivity index (χ0) is 23.9. The Morgan fingerprint density at radius 3 is 2.62 bits per heavy atom. The molecule has 0 aromatic heterocycles. The van der Waals surface area contributed by atoms with Crippen molar-refractivity contribution in [3.05, 3.63) is 29.6 Å². The van der Waals surface area contributed by atoms with E-state index < -0.39 is 58.7 Å². The molecular weight excluding hydrogens is 455 g/mol. The first-order valence-electron chi connectivity index (χ1n) is 9.95. The fourth-order valence-electron chi connectivity index (χ4n) is 3.05. The van der Waals surface area contributed by atoms with E-state index in [1.165, 1.54) is 11.0 Å². The fourth-order valence-corrected chi connectivity index (χ4v) is 4.23. The van der Waals surface area contributed by atoms with Crippen LogP contribution >= 0.6 is 0 Å². The van der Waals surface area contributed by atoms with Gasteiger partial charge in [0.05, 0.1) is 5.75 Å². The molecule has 3 N–H and O–H groups in total. The number of carbonyl (C=O) groups excluding carboxylic acids is 2. The van der Waals surface area contributed by atoms with Crippen molar-refractivity contribution in [3.63, 3.8) is 0 Å². The zero-order valence-electron chi connectivity index (χ0n) is 17.4. The minimum atomic E-state index is -3.79. The summed E-state index contributed by atoms with van der Waals surface area (Å²) in [7, 11) is -3.79. The topological polar surface area (TPSA) is 125 Å². The maximum absolute atomic E-state index is 13.8. The minimum absolute atomic E-state index is 0.0491. The molecule has 0 spiro atoms. The smallest absolute Gasteiger partial charge is 0.324 e. The number of hydrogen-bond donors (Lipinski definition) is 3. The van der Waals surface area contributed by atoms with E-state index in [9.17, 15) is 36.3 Å². The van der Waals surface area contributed by atoms with Crippen LogP contribution in [0.25, 0.3) is 0 Å². The van der Waals surface area contributed by atoms with Crippen LogP contribution < -0.4 is 14.8 Å². The summed E-state index contributed by atoms with van der Waals surface area (Å²) >= 11 is 0. The van der Waals surface area contributed by atoms with Crippen LogP contribution in [0.1, 0.15) is 31.7 Å². The summed E-state index contributed by atoms with van der Waals surface area (Å²) in [6, 6.07) is 2.73. The molecule has 0 aliphatic carbocycles. The highest BCUT2D eigenvalue weighted by Crippen LogP contribution is 2.29. The number of urea groups is 1. The van der Waals surface area contributed by atoms with Crippen LogP contribution in [0.3, 0.4) is 0 Å². The molecule has 32 heavy (non-hydrogen) atoms. The number of sulfonamides is 1. The molecule has 1 heterocycles. The van der Waals surface area contributed by atoms with Gasteiger partial charge in [-0.05, 0) is 37.0 Å². The Bertz CT molecular complexity index is 931. The highest BCUT2D eigenvalue weighted by atomic mass is 32.2. The van der Waals surface area contributed by atoms with Crippen molar-refractivity contribution >= 4 is 22.0 Å². The average Bonchev–Trinajstić information content (AvgIpc) is 3.05. The van der Waals surface area contributed by atoms with Gasteiger partial charge in [-0.2, -0.15) is 0 Å². The van der Waals surface area contributed by atoms with Gasteiger partial charge in [-0.1, -0.05) is 13.0 Å². The predicted molar refractivity (Wildman–Crippen MR) is 108 cm³/mol. The lowest BCUT2D eigenvalue weighted by atomic mass is 9.91. The van der Waals surface area contributed by atoms with Gasteiger partial charge < -0.3 is 14.7 Å². The standard InChI is InChI=1S/C19H26F3N3O6S/c1-2-19(28,13-5-6-14(20)15(9-13)31-11-16(21)22)12-23-32(29,30)8-4-3-7-25-10-17(26)24-18(25)27/h5-6,9,16,23,28H,2-4,7-8,10-12H2,1H3,(H,24,26,27)/t19-/m1/s1. The number of rotatable bonds is 13. The molecule has 13 heteroatoms. The number of amides is 3. The van der Waals surface area contributed by atoms with E-state index in [-0.39, 0.29) is 37.2 Å². The summed E-state index contributed by atoms with van der Waals surface area (Å²) in [6.45, 7) is 0.302. The van der Waals surface area contributed by atoms with Crippen LogP contribution in [0.5, 0.6) is 5.75 Å². The van der Waals surface area contributed by atoms with Crippen LogP contribution in [-0.4, -0.2) is 68.8 Å².